The zero-order chi connectivity index (χ0) is 13.7. The number of benzene rings is 1. The van der Waals surface area contributed by atoms with Crippen LogP contribution in [0, 0.1) is 13.8 Å². The SMILES string of the molecule is Cc1cccc(CNC(=O)CCc2nc(C)cs2)c1. The topological polar surface area (TPSA) is 42.0 Å². The molecule has 0 radical (unpaired) electrons. The molecule has 2 rings (SSSR count). The first kappa shape index (κ1) is 13.7. The van der Waals surface area contributed by atoms with Crippen molar-refractivity contribution < 1.29 is 4.79 Å². The van der Waals surface area contributed by atoms with Crippen LogP contribution in [0.1, 0.15) is 28.2 Å². The van der Waals surface area contributed by atoms with Crippen LogP contribution >= 0.6 is 11.3 Å². The second kappa shape index (κ2) is 6.48. The van der Waals surface area contributed by atoms with Crippen molar-refractivity contribution >= 4 is 17.2 Å². The molecule has 0 aliphatic heterocycles. The molecule has 0 atom stereocenters. The molecule has 1 aromatic heterocycles. The van der Waals surface area contributed by atoms with Crippen molar-refractivity contribution in [3.8, 4) is 0 Å². The molecular formula is C15H18N2OS. The van der Waals surface area contributed by atoms with Crippen LogP contribution < -0.4 is 5.32 Å². The molecule has 19 heavy (non-hydrogen) atoms. The van der Waals surface area contributed by atoms with Gasteiger partial charge >= 0.3 is 0 Å². The molecule has 0 bridgehead atoms. The van der Waals surface area contributed by atoms with E-state index in [4.69, 9.17) is 0 Å². The van der Waals surface area contributed by atoms with Gasteiger partial charge in [0.1, 0.15) is 0 Å². The molecule has 2 aromatic rings. The molecule has 0 saturated carbocycles. The summed E-state index contributed by atoms with van der Waals surface area (Å²) in [5.41, 5.74) is 3.38. The zero-order valence-electron chi connectivity index (χ0n) is 11.3. The molecule has 0 unspecified atom stereocenters. The van der Waals surface area contributed by atoms with Crippen LogP contribution in [0.15, 0.2) is 29.6 Å². The highest BCUT2D eigenvalue weighted by atomic mass is 32.1. The maximum Gasteiger partial charge on any atom is 0.220 e. The number of aromatic nitrogens is 1. The summed E-state index contributed by atoms with van der Waals surface area (Å²) in [6.07, 6.45) is 1.22. The van der Waals surface area contributed by atoms with Crippen LogP contribution in [-0.4, -0.2) is 10.9 Å². The zero-order valence-corrected chi connectivity index (χ0v) is 12.1. The minimum absolute atomic E-state index is 0.0781. The van der Waals surface area contributed by atoms with Crippen molar-refractivity contribution in [3.05, 3.63) is 51.5 Å². The molecule has 0 saturated heterocycles. The molecule has 3 nitrogen and oxygen atoms in total. The number of hydrogen-bond acceptors (Lipinski definition) is 3. The average molecular weight is 274 g/mol. The summed E-state index contributed by atoms with van der Waals surface area (Å²) in [6.45, 7) is 4.62. The highest BCUT2D eigenvalue weighted by Crippen LogP contribution is 2.10. The Balaban J connectivity index is 1.75. The minimum Gasteiger partial charge on any atom is -0.352 e. The Morgan fingerprint density at radius 3 is 2.89 bits per heavy atom. The predicted octanol–water partition coefficient (Wildman–Crippen LogP) is 3.01. The first-order valence-electron chi connectivity index (χ1n) is 6.37. The van der Waals surface area contributed by atoms with Crippen LogP contribution in [-0.2, 0) is 17.8 Å². The Morgan fingerprint density at radius 2 is 2.21 bits per heavy atom. The van der Waals surface area contributed by atoms with E-state index >= 15 is 0 Å². The molecule has 1 aromatic carbocycles. The Hall–Kier alpha value is -1.68. The predicted molar refractivity (Wildman–Crippen MR) is 78.2 cm³/mol. The number of amides is 1. The van der Waals surface area contributed by atoms with Gasteiger partial charge in [-0.15, -0.1) is 11.3 Å². The number of nitrogens with zero attached hydrogens (tertiary/aromatic N) is 1. The Labute approximate surface area is 117 Å². The summed E-state index contributed by atoms with van der Waals surface area (Å²) in [7, 11) is 0. The van der Waals surface area contributed by atoms with Gasteiger partial charge in [0.2, 0.25) is 5.91 Å². The summed E-state index contributed by atoms with van der Waals surface area (Å²) in [6, 6.07) is 8.17. The van der Waals surface area contributed by atoms with E-state index in [0.29, 0.717) is 13.0 Å². The molecule has 1 heterocycles. The summed E-state index contributed by atoms with van der Waals surface area (Å²) < 4.78 is 0. The average Bonchev–Trinajstić information content (AvgIpc) is 2.80. The second-order valence-corrected chi connectivity index (χ2v) is 5.59. The molecular weight excluding hydrogens is 256 g/mol. The quantitative estimate of drug-likeness (QED) is 0.910. The minimum atomic E-state index is 0.0781. The molecule has 1 N–H and O–H groups in total. The van der Waals surface area contributed by atoms with Gasteiger partial charge in [-0.3, -0.25) is 4.79 Å². The van der Waals surface area contributed by atoms with Crippen molar-refractivity contribution in [2.24, 2.45) is 0 Å². The van der Waals surface area contributed by atoms with Gasteiger partial charge in [-0.2, -0.15) is 0 Å². The number of carbonyl (C=O) groups excluding carboxylic acids is 1. The largest absolute Gasteiger partial charge is 0.352 e. The molecule has 100 valence electrons. The first-order valence-corrected chi connectivity index (χ1v) is 7.25. The molecule has 0 aliphatic carbocycles. The van der Waals surface area contributed by atoms with Crippen LogP contribution in [0.2, 0.25) is 0 Å². The summed E-state index contributed by atoms with van der Waals surface area (Å²) in [4.78, 5) is 16.1. The van der Waals surface area contributed by atoms with E-state index < -0.39 is 0 Å². The molecule has 0 spiro atoms. The van der Waals surface area contributed by atoms with E-state index in [2.05, 4.69) is 29.4 Å². The van der Waals surface area contributed by atoms with Crippen molar-refractivity contribution in [3.63, 3.8) is 0 Å². The maximum absolute atomic E-state index is 11.7. The smallest absolute Gasteiger partial charge is 0.220 e. The van der Waals surface area contributed by atoms with Crippen molar-refractivity contribution in [1.82, 2.24) is 10.3 Å². The van der Waals surface area contributed by atoms with Gasteiger partial charge in [0.25, 0.3) is 0 Å². The fourth-order valence-corrected chi connectivity index (χ4v) is 2.63. The highest BCUT2D eigenvalue weighted by molar-refractivity contribution is 7.09. The first-order chi connectivity index (χ1) is 9.13. The van der Waals surface area contributed by atoms with Gasteiger partial charge in [0.15, 0.2) is 0 Å². The number of carbonyl (C=O) groups is 1. The lowest BCUT2D eigenvalue weighted by atomic mass is 10.1. The Morgan fingerprint density at radius 1 is 1.37 bits per heavy atom. The Bertz CT molecular complexity index is 563. The van der Waals surface area contributed by atoms with Crippen LogP contribution in [0.3, 0.4) is 0 Å². The highest BCUT2D eigenvalue weighted by Gasteiger charge is 2.04. The third kappa shape index (κ3) is 4.48. The van der Waals surface area contributed by atoms with E-state index in [1.54, 1.807) is 11.3 Å². The molecule has 0 aliphatic rings. The van der Waals surface area contributed by atoms with Gasteiger partial charge < -0.3 is 5.32 Å². The summed E-state index contributed by atoms with van der Waals surface area (Å²) in [5, 5.41) is 5.99. The van der Waals surface area contributed by atoms with Crippen molar-refractivity contribution in [2.45, 2.75) is 33.2 Å². The van der Waals surface area contributed by atoms with Gasteiger partial charge in [-0.25, -0.2) is 4.98 Å². The second-order valence-electron chi connectivity index (χ2n) is 4.65. The summed E-state index contributed by atoms with van der Waals surface area (Å²) in [5.74, 6) is 0.0781. The monoisotopic (exact) mass is 274 g/mol. The molecule has 4 heteroatoms. The third-order valence-corrected chi connectivity index (χ3v) is 3.83. The lowest BCUT2D eigenvalue weighted by Crippen LogP contribution is -2.23. The van der Waals surface area contributed by atoms with Gasteiger partial charge in [-0.1, -0.05) is 29.8 Å². The third-order valence-electron chi connectivity index (χ3n) is 2.80. The number of thiazole rings is 1. The van der Waals surface area contributed by atoms with E-state index in [1.807, 2.05) is 24.4 Å². The van der Waals surface area contributed by atoms with E-state index in [1.165, 1.54) is 5.56 Å². The van der Waals surface area contributed by atoms with Gasteiger partial charge in [0.05, 0.1) is 5.01 Å². The number of rotatable bonds is 5. The number of hydrogen-bond donors (Lipinski definition) is 1. The van der Waals surface area contributed by atoms with Gasteiger partial charge in [0, 0.05) is 30.5 Å². The van der Waals surface area contributed by atoms with Crippen LogP contribution in [0.5, 0.6) is 0 Å². The van der Waals surface area contributed by atoms with Crippen LogP contribution in [0.4, 0.5) is 0 Å². The van der Waals surface area contributed by atoms with Crippen LogP contribution in [0.25, 0.3) is 0 Å². The fourth-order valence-electron chi connectivity index (χ4n) is 1.85. The summed E-state index contributed by atoms with van der Waals surface area (Å²) >= 11 is 1.62. The van der Waals surface area contributed by atoms with E-state index in [-0.39, 0.29) is 5.91 Å². The Kier molecular flexibility index (Phi) is 4.68. The van der Waals surface area contributed by atoms with Crippen molar-refractivity contribution in [2.75, 3.05) is 0 Å². The lowest BCUT2D eigenvalue weighted by molar-refractivity contribution is -0.121. The van der Waals surface area contributed by atoms with Crippen molar-refractivity contribution in [1.29, 1.82) is 0 Å². The number of aryl methyl sites for hydroxylation is 3. The standard InChI is InChI=1S/C15H18N2OS/c1-11-4-3-5-13(8-11)9-16-14(18)6-7-15-17-12(2)10-19-15/h3-5,8,10H,6-7,9H2,1-2H3,(H,16,18). The van der Waals surface area contributed by atoms with E-state index in [9.17, 15) is 4.79 Å². The maximum atomic E-state index is 11.7. The molecule has 1 amide bonds. The normalized spacial score (nSPS) is 10.4. The fraction of sp³-hybridized carbons (Fsp3) is 0.333. The molecule has 0 fully saturated rings. The lowest BCUT2D eigenvalue weighted by Gasteiger charge is -2.05. The van der Waals surface area contributed by atoms with Gasteiger partial charge in [-0.05, 0) is 19.4 Å². The van der Waals surface area contributed by atoms with E-state index in [0.717, 1.165) is 22.7 Å². The number of nitrogens with one attached hydrogen (secondary N) is 1.